The Labute approximate surface area is 182 Å². The number of rotatable bonds is 13. The zero-order valence-corrected chi connectivity index (χ0v) is 18.3. The van der Waals surface area contributed by atoms with Gasteiger partial charge in [-0.2, -0.15) is 0 Å². The number of ketones is 1. The Balaban J connectivity index is 1.83. The molecule has 7 heteroatoms. The molecule has 0 heterocycles. The van der Waals surface area contributed by atoms with Crippen molar-refractivity contribution in [3.63, 3.8) is 0 Å². The van der Waals surface area contributed by atoms with E-state index >= 15 is 0 Å². The molecule has 168 valence electrons. The Kier molecular flexibility index (Phi) is 9.18. The summed E-state index contributed by atoms with van der Waals surface area (Å²) in [6.45, 7) is 2.37. The number of aromatic carboxylic acids is 1. The van der Waals surface area contributed by atoms with Crippen LogP contribution in [0.4, 0.5) is 0 Å². The van der Waals surface area contributed by atoms with Gasteiger partial charge in [-0.1, -0.05) is 13.3 Å². The minimum atomic E-state index is -1.17. The molecule has 2 aromatic carbocycles. The Morgan fingerprint density at radius 3 is 2.29 bits per heavy atom. The van der Waals surface area contributed by atoms with Crippen LogP contribution < -0.4 is 14.2 Å². The van der Waals surface area contributed by atoms with Crippen molar-refractivity contribution in [1.82, 2.24) is 0 Å². The molecule has 0 aliphatic rings. The molecule has 7 nitrogen and oxygen atoms in total. The second kappa shape index (κ2) is 11.8. The summed E-state index contributed by atoms with van der Waals surface area (Å²) < 4.78 is 16.2. The fourth-order valence-corrected chi connectivity index (χ4v) is 3.32. The molecule has 31 heavy (non-hydrogen) atoms. The Bertz CT molecular complexity index is 905. The monoisotopic (exact) mass is 430 g/mol. The van der Waals surface area contributed by atoms with Crippen molar-refractivity contribution in [1.29, 1.82) is 0 Å². The summed E-state index contributed by atoms with van der Waals surface area (Å²) in [7, 11) is 3.08. The molecule has 0 radical (unpaired) electrons. The highest BCUT2D eigenvalue weighted by Gasteiger charge is 2.17. The van der Waals surface area contributed by atoms with Crippen LogP contribution in [0.5, 0.6) is 23.0 Å². The first-order valence-electron chi connectivity index (χ1n) is 10.4. The molecule has 0 aliphatic heterocycles. The minimum absolute atomic E-state index is 0.0429. The van der Waals surface area contributed by atoms with E-state index in [1.54, 1.807) is 31.4 Å². The second-order valence-corrected chi connectivity index (χ2v) is 7.15. The van der Waals surface area contributed by atoms with Gasteiger partial charge in [0, 0.05) is 17.5 Å². The van der Waals surface area contributed by atoms with Gasteiger partial charge in [0.15, 0.2) is 17.3 Å². The lowest BCUT2D eigenvalue weighted by Gasteiger charge is -2.14. The minimum Gasteiger partial charge on any atom is -0.507 e. The quantitative estimate of drug-likeness (QED) is 0.345. The summed E-state index contributed by atoms with van der Waals surface area (Å²) in [4.78, 5) is 23.6. The van der Waals surface area contributed by atoms with Gasteiger partial charge < -0.3 is 24.4 Å². The van der Waals surface area contributed by atoms with Crippen molar-refractivity contribution in [3.05, 3.63) is 47.0 Å². The van der Waals surface area contributed by atoms with Crippen molar-refractivity contribution in [2.24, 2.45) is 0 Å². The number of methoxy groups -OCH3 is 2. The van der Waals surface area contributed by atoms with E-state index in [1.165, 1.54) is 13.2 Å². The van der Waals surface area contributed by atoms with Crippen LogP contribution in [-0.4, -0.2) is 42.8 Å². The number of unbranched alkanes of at least 4 members (excludes halogenated alkanes) is 2. The number of carbonyl (C=O) groups excluding carboxylic acids is 1. The third-order valence-electron chi connectivity index (χ3n) is 4.98. The van der Waals surface area contributed by atoms with Crippen LogP contribution in [0.3, 0.4) is 0 Å². The maximum Gasteiger partial charge on any atom is 0.339 e. The normalized spacial score (nSPS) is 10.5. The first kappa shape index (κ1) is 24.1. The summed E-state index contributed by atoms with van der Waals surface area (Å²) in [5.41, 5.74) is 0.989. The van der Waals surface area contributed by atoms with E-state index < -0.39 is 5.97 Å². The lowest BCUT2D eigenvalue weighted by Crippen LogP contribution is -2.05. The average Bonchev–Trinajstić information content (AvgIpc) is 2.77. The lowest BCUT2D eigenvalue weighted by atomic mass is 10.0. The largest absolute Gasteiger partial charge is 0.507 e. The van der Waals surface area contributed by atoms with Crippen molar-refractivity contribution in [3.8, 4) is 23.0 Å². The van der Waals surface area contributed by atoms with E-state index in [9.17, 15) is 14.7 Å². The number of ether oxygens (including phenoxy) is 3. The topological polar surface area (TPSA) is 102 Å². The number of hydrogen-bond donors (Lipinski definition) is 2. The molecule has 0 atom stereocenters. The third kappa shape index (κ3) is 6.38. The van der Waals surface area contributed by atoms with E-state index in [2.05, 4.69) is 0 Å². The third-order valence-corrected chi connectivity index (χ3v) is 4.98. The number of carboxylic acid groups (broad SMARTS) is 1. The lowest BCUT2D eigenvalue weighted by molar-refractivity contribution is 0.0693. The molecular formula is C24H30O7. The van der Waals surface area contributed by atoms with Crippen molar-refractivity contribution < 1.29 is 34.0 Å². The Morgan fingerprint density at radius 2 is 1.65 bits per heavy atom. The molecule has 0 spiro atoms. The van der Waals surface area contributed by atoms with Gasteiger partial charge in [0.1, 0.15) is 17.1 Å². The van der Waals surface area contributed by atoms with Gasteiger partial charge in [0.25, 0.3) is 0 Å². The maximum absolute atomic E-state index is 12.4. The summed E-state index contributed by atoms with van der Waals surface area (Å²) in [6, 6.07) is 8.09. The van der Waals surface area contributed by atoms with Crippen molar-refractivity contribution in [2.45, 2.75) is 45.4 Å². The van der Waals surface area contributed by atoms with E-state index in [-0.39, 0.29) is 17.1 Å². The van der Waals surface area contributed by atoms with Gasteiger partial charge in [-0.15, -0.1) is 0 Å². The highest BCUT2D eigenvalue weighted by Crippen LogP contribution is 2.33. The molecule has 0 bridgehead atoms. The molecule has 0 aromatic heterocycles. The van der Waals surface area contributed by atoms with Gasteiger partial charge in [0.2, 0.25) is 0 Å². The van der Waals surface area contributed by atoms with Crippen LogP contribution >= 0.6 is 0 Å². The SMILES string of the molecule is CCCc1c(OCCCCCC(=O)c2ccc(OC)c(OC)c2)ccc(C(=O)O)c1O. The highest BCUT2D eigenvalue weighted by molar-refractivity contribution is 5.96. The van der Waals surface area contributed by atoms with Gasteiger partial charge in [-0.25, -0.2) is 4.79 Å². The van der Waals surface area contributed by atoms with E-state index in [0.29, 0.717) is 47.8 Å². The van der Waals surface area contributed by atoms with Gasteiger partial charge >= 0.3 is 5.97 Å². The molecule has 2 N–H and O–H groups in total. The molecule has 0 amide bonds. The first-order chi connectivity index (χ1) is 14.9. The number of phenols is 1. The smallest absolute Gasteiger partial charge is 0.339 e. The number of aromatic hydroxyl groups is 1. The maximum atomic E-state index is 12.4. The Morgan fingerprint density at radius 1 is 0.935 bits per heavy atom. The van der Waals surface area contributed by atoms with Gasteiger partial charge in [-0.3, -0.25) is 4.79 Å². The first-order valence-corrected chi connectivity index (χ1v) is 10.4. The van der Waals surface area contributed by atoms with E-state index in [4.69, 9.17) is 19.3 Å². The van der Waals surface area contributed by atoms with Gasteiger partial charge in [-0.05, 0) is 56.0 Å². The van der Waals surface area contributed by atoms with E-state index in [1.807, 2.05) is 6.92 Å². The van der Waals surface area contributed by atoms with Crippen LogP contribution in [-0.2, 0) is 6.42 Å². The van der Waals surface area contributed by atoms with Crippen molar-refractivity contribution >= 4 is 11.8 Å². The molecule has 0 saturated carbocycles. The zero-order valence-electron chi connectivity index (χ0n) is 18.3. The highest BCUT2D eigenvalue weighted by atomic mass is 16.5. The molecule has 0 unspecified atom stereocenters. The van der Waals surface area contributed by atoms with Gasteiger partial charge in [0.05, 0.1) is 20.8 Å². The molecule has 0 saturated heterocycles. The molecular weight excluding hydrogens is 400 g/mol. The van der Waals surface area contributed by atoms with Crippen molar-refractivity contribution in [2.75, 3.05) is 20.8 Å². The standard InChI is InChI=1S/C24H30O7/c1-4-8-17-20(13-11-18(23(17)26)24(27)28)31-14-7-5-6-9-19(25)16-10-12-21(29-2)22(15-16)30-3/h10-13,15,26H,4-9,14H2,1-3H3,(H,27,28). The predicted molar refractivity (Wildman–Crippen MR) is 117 cm³/mol. The summed E-state index contributed by atoms with van der Waals surface area (Å²) >= 11 is 0. The second-order valence-electron chi connectivity index (χ2n) is 7.15. The number of Topliss-reactive ketones (excluding diaryl/α,β-unsaturated/α-hetero) is 1. The zero-order chi connectivity index (χ0) is 22.8. The van der Waals surface area contributed by atoms with E-state index in [0.717, 1.165) is 25.7 Å². The molecule has 0 aliphatic carbocycles. The summed E-state index contributed by atoms with van der Waals surface area (Å²) in [6.07, 6.45) is 3.98. The van der Waals surface area contributed by atoms with Crippen LogP contribution in [0, 0.1) is 0 Å². The summed E-state index contributed by atoms with van der Waals surface area (Å²) in [5.74, 6) is 0.267. The molecule has 2 aromatic rings. The Hall–Kier alpha value is -3.22. The molecule has 0 fully saturated rings. The number of carbonyl (C=O) groups is 2. The van der Waals surface area contributed by atoms with Crippen LogP contribution in [0.1, 0.15) is 65.3 Å². The number of benzene rings is 2. The summed E-state index contributed by atoms with van der Waals surface area (Å²) in [5, 5.41) is 19.4. The fraction of sp³-hybridized carbons (Fsp3) is 0.417. The fourth-order valence-electron chi connectivity index (χ4n) is 3.32. The van der Waals surface area contributed by atoms with Crippen LogP contribution in [0.2, 0.25) is 0 Å². The molecule has 2 rings (SSSR count). The predicted octanol–water partition coefficient (Wildman–Crippen LogP) is 4.88. The van der Waals surface area contributed by atoms with Crippen LogP contribution in [0.15, 0.2) is 30.3 Å². The number of hydrogen-bond acceptors (Lipinski definition) is 6. The average molecular weight is 430 g/mol. The van der Waals surface area contributed by atoms with Crippen LogP contribution in [0.25, 0.3) is 0 Å². The number of carboxylic acids is 1.